The molecule has 1 saturated heterocycles. The molecule has 0 N–H and O–H groups in total. The number of alkyl halides is 3. The number of hydrogen-bond acceptors (Lipinski definition) is 4. The van der Waals surface area contributed by atoms with Gasteiger partial charge in [0.25, 0.3) is 0 Å². The molecule has 0 spiro atoms. The number of hydrogen-bond donors (Lipinski definition) is 0. The summed E-state index contributed by atoms with van der Waals surface area (Å²) >= 11 is 5.80. The van der Waals surface area contributed by atoms with Crippen LogP contribution in [0, 0.1) is 13.8 Å². The smallest absolute Gasteiger partial charge is 0.338 e. The Bertz CT molecular complexity index is 898. The fraction of sp³-hybridized carbons (Fsp3) is 0.611. The van der Waals surface area contributed by atoms with Gasteiger partial charge in [-0.25, -0.2) is 0 Å². The zero-order valence-electron chi connectivity index (χ0n) is 16.8. The van der Waals surface area contributed by atoms with Crippen molar-refractivity contribution in [1.82, 2.24) is 29.4 Å². The molecule has 1 amide bonds. The molecule has 11 heteroatoms. The molecule has 0 saturated carbocycles. The minimum absolute atomic E-state index is 0.130. The fourth-order valence-corrected chi connectivity index (χ4v) is 3.83. The van der Waals surface area contributed by atoms with Crippen LogP contribution in [-0.4, -0.2) is 61.4 Å². The first-order valence-corrected chi connectivity index (χ1v) is 9.69. The number of nitrogens with zero attached hydrogens (tertiary/aromatic N) is 6. The lowest BCUT2D eigenvalue weighted by Gasteiger charge is -2.36. The number of carbonyl (C=O) groups is 1. The van der Waals surface area contributed by atoms with E-state index in [4.69, 9.17) is 11.6 Å². The van der Waals surface area contributed by atoms with E-state index in [1.165, 1.54) is 6.92 Å². The predicted octanol–water partition coefficient (Wildman–Crippen LogP) is 2.81. The van der Waals surface area contributed by atoms with Crippen molar-refractivity contribution in [1.29, 1.82) is 0 Å². The zero-order valence-corrected chi connectivity index (χ0v) is 17.5. The minimum Gasteiger partial charge on any atom is -0.338 e. The standard InChI is InChI=1S/C18H24ClF3N6O/c1-11-14(9-25(4)23-11)10-26-5-7-27(8-6-26)17(29)13(3)28-12(2)15(19)16(24-28)18(20,21)22/h9,13H,5-8,10H2,1-4H3/t13-/m0/s1. The highest BCUT2D eigenvalue weighted by atomic mass is 35.5. The summed E-state index contributed by atoms with van der Waals surface area (Å²) in [7, 11) is 1.88. The molecule has 0 unspecified atom stereocenters. The maximum absolute atomic E-state index is 13.0. The molecule has 3 rings (SSSR count). The Labute approximate surface area is 172 Å². The Morgan fingerprint density at radius 1 is 1.21 bits per heavy atom. The van der Waals surface area contributed by atoms with Crippen LogP contribution < -0.4 is 0 Å². The van der Waals surface area contributed by atoms with Crippen molar-refractivity contribution in [3.05, 3.63) is 33.9 Å². The van der Waals surface area contributed by atoms with Gasteiger partial charge in [-0.1, -0.05) is 11.6 Å². The Morgan fingerprint density at radius 3 is 2.31 bits per heavy atom. The molecule has 1 fully saturated rings. The van der Waals surface area contributed by atoms with E-state index in [0.29, 0.717) is 26.2 Å². The second-order valence-electron chi connectivity index (χ2n) is 7.38. The maximum Gasteiger partial charge on any atom is 0.436 e. The average molecular weight is 433 g/mol. The van der Waals surface area contributed by atoms with Crippen molar-refractivity contribution in [3.63, 3.8) is 0 Å². The number of amides is 1. The number of rotatable bonds is 4. The molecule has 2 aromatic rings. The topological polar surface area (TPSA) is 59.2 Å². The first kappa shape index (κ1) is 21.6. The lowest BCUT2D eigenvalue weighted by atomic mass is 10.2. The van der Waals surface area contributed by atoms with E-state index in [2.05, 4.69) is 15.1 Å². The molecule has 0 bridgehead atoms. The number of aromatic nitrogens is 4. The highest BCUT2D eigenvalue weighted by molar-refractivity contribution is 6.32. The summed E-state index contributed by atoms with van der Waals surface area (Å²) < 4.78 is 42.0. The van der Waals surface area contributed by atoms with Crippen molar-refractivity contribution in [2.45, 2.75) is 39.5 Å². The third-order valence-electron chi connectivity index (χ3n) is 5.26. The van der Waals surface area contributed by atoms with Gasteiger partial charge in [-0.2, -0.15) is 23.4 Å². The highest BCUT2D eigenvalue weighted by Crippen LogP contribution is 2.36. The Balaban J connectivity index is 1.64. The third-order valence-corrected chi connectivity index (χ3v) is 5.72. The maximum atomic E-state index is 13.0. The van der Waals surface area contributed by atoms with Gasteiger partial charge in [0.2, 0.25) is 5.91 Å². The van der Waals surface area contributed by atoms with Crippen LogP contribution >= 0.6 is 11.6 Å². The summed E-state index contributed by atoms with van der Waals surface area (Å²) in [5.74, 6) is -0.266. The van der Waals surface area contributed by atoms with Crippen molar-refractivity contribution in [3.8, 4) is 0 Å². The van der Waals surface area contributed by atoms with Gasteiger partial charge in [-0.05, 0) is 20.8 Å². The Hall–Kier alpha value is -2.07. The van der Waals surface area contributed by atoms with Crippen molar-refractivity contribution < 1.29 is 18.0 Å². The Morgan fingerprint density at radius 2 is 1.83 bits per heavy atom. The van der Waals surface area contributed by atoms with Gasteiger partial charge >= 0.3 is 6.18 Å². The van der Waals surface area contributed by atoms with Crippen molar-refractivity contribution in [2.24, 2.45) is 7.05 Å². The van der Waals surface area contributed by atoms with E-state index in [9.17, 15) is 18.0 Å². The number of aryl methyl sites for hydroxylation is 2. The number of halogens is 4. The molecule has 0 radical (unpaired) electrons. The van der Waals surface area contributed by atoms with Crippen LogP contribution in [0.5, 0.6) is 0 Å². The molecule has 2 aromatic heterocycles. The number of carbonyl (C=O) groups excluding carboxylic acids is 1. The van der Waals surface area contributed by atoms with Crippen LogP contribution in [-0.2, 0) is 24.6 Å². The van der Waals surface area contributed by atoms with Gasteiger partial charge in [0.1, 0.15) is 6.04 Å². The van der Waals surface area contributed by atoms with E-state index in [0.717, 1.165) is 22.5 Å². The molecule has 1 atom stereocenters. The van der Waals surface area contributed by atoms with Gasteiger partial charge in [0.05, 0.1) is 16.4 Å². The molecule has 0 aromatic carbocycles. The van der Waals surface area contributed by atoms with Gasteiger partial charge < -0.3 is 4.90 Å². The molecule has 7 nitrogen and oxygen atoms in total. The molecule has 1 aliphatic heterocycles. The van der Waals surface area contributed by atoms with E-state index >= 15 is 0 Å². The van der Waals surface area contributed by atoms with Gasteiger partial charge in [0.15, 0.2) is 5.69 Å². The highest BCUT2D eigenvalue weighted by Gasteiger charge is 2.39. The van der Waals surface area contributed by atoms with Crippen molar-refractivity contribution in [2.75, 3.05) is 26.2 Å². The van der Waals surface area contributed by atoms with E-state index in [1.807, 2.05) is 20.2 Å². The summed E-state index contributed by atoms with van der Waals surface area (Å²) in [6.07, 6.45) is -2.68. The monoisotopic (exact) mass is 432 g/mol. The van der Waals surface area contributed by atoms with E-state index in [1.54, 1.807) is 16.5 Å². The zero-order chi connectivity index (χ0) is 21.5. The quantitative estimate of drug-likeness (QED) is 0.745. The summed E-state index contributed by atoms with van der Waals surface area (Å²) in [5.41, 5.74) is 1.09. The van der Waals surface area contributed by atoms with Crippen LogP contribution in [0.4, 0.5) is 13.2 Å². The third kappa shape index (κ3) is 4.42. The summed E-state index contributed by atoms with van der Waals surface area (Å²) in [5, 5.41) is 7.44. The van der Waals surface area contributed by atoms with E-state index in [-0.39, 0.29) is 11.6 Å². The Kier molecular flexibility index (Phi) is 5.96. The second-order valence-corrected chi connectivity index (χ2v) is 7.76. The largest absolute Gasteiger partial charge is 0.436 e. The lowest BCUT2D eigenvalue weighted by molar-refractivity contribution is -0.142. The molecule has 160 valence electrons. The van der Waals surface area contributed by atoms with Crippen LogP contribution in [0.25, 0.3) is 0 Å². The van der Waals surface area contributed by atoms with Crippen LogP contribution in [0.2, 0.25) is 5.02 Å². The SMILES string of the molecule is Cc1nn(C)cc1CN1CCN(C(=O)[C@H](C)n2nc(C(F)(F)F)c(Cl)c2C)CC1. The molecule has 0 aliphatic carbocycles. The average Bonchev–Trinajstić information content (AvgIpc) is 3.13. The normalized spacial score (nSPS) is 17.0. The second kappa shape index (κ2) is 7.98. The van der Waals surface area contributed by atoms with Gasteiger partial charge in [-0.3, -0.25) is 19.1 Å². The van der Waals surface area contributed by atoms with Crippen molar-refractivity contribution >= 4 is 17.5 Å². The summed E-state index contributed by atoms with van der Waals surface area (Å²) in [6.45, 7) is 8.06. The number of piperazine rings is 1. The minimum atomic E-state index is -4.66. The lowest BCUT2D eigenvalue weighted by Crippen LogP contribution is -2.50. The first-order valence-electron chi connectivity index (χ1n) is 9.31. The molecule has 3 heterocycles. The molecular weight excluding hydrogens is 409 g/mol. The first-order chi connectivity index (χ1) is 13.5. The van der Waals surface area contributed by atoms with Crippen LogP contribution in [0.15, 0.2) is 6.20 Å². The summed E-state index contributed by atoms with van der Waals surface area (Å²) in [4.78, 5) is 16.8. The predicted molar refractivity (Wildman–Crippen MR) is 101 cm³/mol. The fourth-order valence-electron chi connectivity index (χ4n) is 3.60. The van der Waals surface area contributed by atoms with E-state index < -0.39 is 22.9 Å². The van der Waals surface area contributed by atoms with Gasteiger partial charge in [0, 0.05) is 51.5 Å². The van der Waals surface area contributed by atoms with Gasteiger partial charge in [-0.15, -0.1) is 0 Å². The molecular formula is C18H24ClF3N6O. The molecule has 29 heavy (non-hydrogen) atoms. The van der Waals surface area contributed by atoms with Crippen LogP contribution in [0.1, 0.15) is 35.6 Å². The van der Waals surface area contributed by atoms with Crippen LogP contribution in [0.3, 0.4) is 0 Å². The molecule has 1 aliphatic rings. The summed E-state index contributed by atoms with van der Waals surface area (Å²) in [6, 6.07) is -0.865.